The van der Waals surface area contributed by atoms with Crippen LogP contribution in [0, 0.1) is 2.88 Å². The highest BCUT2D eigenvalue weighted by molar-refractivity contribution is 14.1. The molecule has 2 aromatic heterocycles. The van der Waals surface area contributed by atoms with Crippen molar-refractivity contribution in [2.24, 2.45) is 0 Å². The second kappa shape index (κ2) is 5.86. The molecule has 0 saturated carbocycles. The number of piperazine rings is 1. The molecule has 1 aliphatic heterocycles. The lowest BCUT2D eigenvalue weighted by molar-refractivity contribution is 0.176. The quantitative estimate of drug-likeness (QED) is 0.816. The molecular formula is C12H15IN4OS. The lowest BCUT2D eigenvalue weighted by Crippen LogP contribution is -2.44. The first-order valence-electron chi connectivity index (χ1n) is 6.27. The van der Waals surface area contributed by atoms with Crippen molar-refractivity contribution in [3.05, 3.63) is 20.2 Å². The first-order chi connectivity index (χ1) is 9.24. The fraction of sp³-hybridized carbons (Fsp3) is 0.500. The van der Waals surface area contributed by atoms with Gasteiger partial charge in [0.25, 0.3) is 5.89 Å². The Kier molecular flexibility index (Phi) is 4.15. The second-order valence-corrected chi connectivity index (χ2v) is 7.36. The smallest absolute Gasteiger partial charge is 0.258 e. The van der Waals surface area contributed by atoms with Crippen molar-refractivity contribution in [3.8, 4) is 11.5 Å². The first-order valence-corrected chi connectivity index (χ1v) is 8.22. The molecule has 0 radical (unpaired) electrons. The van der Waals surface area contributed by atoms with Gasteiger partial charge in [0, 0.05) is 31.6 Å². The Morgan fingerprint density at radius 1 is 1.47 bits per heavy atom. The van der Waals surface area contributed by atoms with Gasteiger partial charge in [-0.25, -0.2) is 0 Å². The molecule has 1 unspecified atom stereocenters. The van der Waals surface area contributed by atoms with Gasteiger partial charge in [0.05, 0.1) is 14.5 Å². The van der Waals surface area contributed by atoms with Crippen molar-refractivity contribution in [3.63, 3.8) is 0 Å². The molecule has 3 heterocycles. The van der Waals surface area contributed by atoms with Gasteiger partial charge in [-0.1, -0.05) is 5.16 Å². The molecule has 1 atom stereocenters. The monoisotopic (exact) mass is 390 g/mol. The van der Waals surface area contributed by atoms with Crippen molar-refractivity contribution in [1.82, 2.24) is 20.4 Å². The lowest BCUT2D eigenvalue weighted by atomic mass is 10.2. The summed E-state index contributed by atoms with van der Waals surface area (Å²) in [5.74, 6) is 1.40. The van der Waals surface area contributed by atoms with Crippen LogP contribution in [0.1, 0.15) is 18.8 Å². The Morgan fingerprint density at radius 2 is 2.26 bits per heavy atom. The predicted octanol–water partition coefficient (Wildman–Crippen LogP) is 2.37. The molecule has 0 aliphatic carbocycles. The summed E-state index contributed by atoms with van der Waals surface area (Å²) in [5.41, 5.74) is 1.01. The van der Waals surface area contributed by atoms with E-state index in [1.54, 1.807) is 11.3 Å². The van der Waals surface area contributed by atoms with E-state index in [0.29, 0.717) is 5.89 Å². The molecule has 3 rings (SSSR count). The minimum absolute atomic E-state index is 0.206. The molecule has 0 amide bonds. The molecule has 0 aromatic carbocycles. The van der Waals surface area contributed by atoms with Crippen LogP contribution in [-0.4, -0.2) is 41.2 Å². The molecule has 1 fully saturated rings. The largest absolute Gasteiger partial charge is 0.334 e. The van der Waals surface area contributed by atoms with E-state index in [2.05, 4.69) is 61.3 Å². The van der Waals surface area contributed by atoms with Crippen LogP contribution in [-0.2, 0) is 0 Å². The van der Waals surface area contributed by atoms with E-state index in [1.165, 1.54) is 2.88 Å². The van der Waals surface area contributed by atoms with Gasteiger partial charge < -0.3 is 9.84 Å². The van der Waals surface area contributed by atoms with Crippen molar-refractivity contribution in [1.29, 1.82) is 0 Å². The number of thiophene rings is 1. The fourth-order valence-corrected chi connectivity index (χ4v) is 3.50. The summed E-state index contributed by atoms with van der Waals surface area (Å²) in [5, 5.41) is 9.53. The Balaban J connectivity index is 1.76. The number of aromatic nitrogens is 2. The van der Waals surface area contributed by atoms with E-state index in [-0.39, 0.29) is 6.04 Å². The van der Waals surface area contributed by atoms with Gasteiger partial charge in [-0.05, 0) is 35.6 Å². The lowest BCUT2D eigenvalue weighted by Gasteiger charge is -2.30. The zero-order chi connectivity index (χ0) is 13.2. The summed E-state index contributed by atoms with van der Waals surface area (Å²) >= 11 is 3.98. The van der Waals surface area contributed by atoms with Gasteiger partial charge in [-0.15, -0.1) is 11.3 Å². The summed E-state index contributed by atoms with van der Waals surface area (Å²) < 4.78 is 6.60. The van der Waals surface area contributed by atoms with Crippen molar-refractivity contribution in [2.75, 3.05) is 26.2 Å². The van der Waals surface area contributed by atoms with Crippen molar-refractivity contribution < 1.29 is 4.52 Å². The van der Waals surface area contributed by atoms with Gasteiger partial charge in [0.15, 0.2) is 5.82 Å². The third-order valence-electron chi connectivity index (χ3n) is 3.33. The Hall–Kier alpha value is -0.510. The highest BCUT2D eigenvalue weighted by Crippen LogP contribution is 2.27. The molecule has 19 heavy (non-hydrogen) atoms. The van der Waals surface area contributed by atoms with Gasteiger partial charge in [-0.2, -0.15) is 4.98 Å². The SMILES string of the molecule is CC(c1noc(-c2csc(I)c2)n1)N1CCNCC1. The van der Waals surface area contributed by atoms with E-state index in [4.69, 9.17) is 4.52 Å². The zero-order valence-corrected chi connectivity index (χ0v) is 13.6. The van der Waals surface area contributed by atoms with Crippen LogP contribution >= 0.6 is 33.9 Å². The number of nitrogens with one attached hydrogen (secondary N) is 1. The van der Waals surface area contributed by atoms with Gasteiger partial charge in [0.2, 0.25) is 0 Å². The van der Waals surface area contributed by atoms with Crippen LogP contribution in [0.3, 0.4) is 0 Å². The average Bonchev–Trinajstić information content (AvgIpc) is 3.07. The Bertz CT molecular complexity index is 549. The van der Waals surface area contributed by atoms with Gasteiger partial charge >= 0.3 is 0 Å². The van der Waals surface area contributed by atoms with Crippen LogP contribution in [0.4, 0.5) is 0 Å². The Morgan fingerprint density at radius 3 is 2.95 bits per heavy atom. The molecule has 1 N–H and O–H groups in total. The predicted molar refractivity (Wildman–Crippen MR) is 83.2 cm³/mol. The summed E-state index contributed by atoms with van der Waals surface area (Å²) in [4.78, 5) is 6.91. The topological polar surface area (TPSA) is 54.2 Å². The number of rotatable bonds is 3. The van der Waals surface area contributed by atoms with E-state index in [1.807, 2.05) is 0 Å². The molecule has 2 aromatic rings. The van der Waals surface area contributed by atoms with Crippen molar-refractivity contribution >= 4 is 33.9 Å². The van der Waals surface area contributed by atoms with Crippen molar-refractivity contribution in [2.45, 2.75) is 13.0 Å². The number of nitrogens with zero attached hydrogens (tertiary/aromatic N) is 3. The average molecular weight is 390 g/mol. The van der Waals surface area contributed by atoms with E-state index < -0.39 is 0 Å². The molecular weight excluding hydrogens is 375 g/mol. The van der Waals surface area contributed by atoms with Gasteiger partial charge in [-0.3, -0.25) is 4.90 Å². The van der Waals surface area contributed by atoms with E-state index >= 15 is 0 Å². The molecule has 1 aliphatic rings. The minimum Gasteiger partial charge on any atom is -0.334 e. The molecule has 1 saturated heterocycles. The third kappa shape index (κ3) is 2.99. The van der Waals surface area contributed by atoms with Crippen LogP contribution < -0.4 is 5.32 Å². The summed E-state index contributed by atoms with van der Waals surface area (Å²) in [7, 11) is 0. The fourth-order valence-electron chi connectivity index (χ4n) is 2.18. The normalized spacial score (nSPS) is 18.6. The molecule has 7 heteroatoms. The van der Waals surface area contributed by atoms with Crippen LogP contribution in [0.2, 0.25) is 0 Å². The molecule has 5 nitrogen and oxygen atoms in total. The van der Waals surface area contributed by atoms with E-state index in [9.17, 15) is 0 Å². The number of hydrogen-bond acceptors (Lipinski definition) is 6. The molecule has 102 valence electrons. The maximum absolute atomic E-state index is 5.38. The second-order valence-electron chi connectivity index (χ2n) is 4.56. The highest BCUT2D eigenvalue weighted by atomic mass is 127. The van der Waals surface area contributed by atoms with Crippen LogP contribution in [0.25, 0.3) is 11.5 Å². The molecule has 0 spiro atoms. The van der Waals surface area contributed by atoms with E-state index in [0.717, 1.165) is 37.6 Å². The van der Waals surface area contributed by atoms with Crippen LogP contribution in [0.15, 0.2) is 16.0 Å². The maximum atomic E-state index is 5.38. The number of hydrogen-bond donors (Lipinski definition) is 1. The minimum atomic E-state index is 0.206. The molecule has 0 bridgehead atoms. The summed E-state index contributed by atoms with van der Waals surface area (Å²) in [6.45, 7) is 6.25. The standard InChI is InChI=1S/C12H15IN4OS/c1-8(17-4-2-14-3-5-17)11-15-12(18-16-11)9-6-10(13)19-7-9/h6-8,14H,2-5H2,1H3. The van der Waals surface area contributed by atoms with Crippen LogP contribution in [0.5, 0.6) is 0 Å². The number of halogens is 1. The summed E-state index contributed by atoms with van der Waals surface area (Å²) in [6.07, 6.45) is 0. The highest BCUT2D eigenvalue weighted by Gasteiger charge is 2.22. The Labute approximate surface area is 129 Å². The third-order valence-corrected chi connectivity index (χ3v) is 5.12. The zero-order valence-electron chi connectivity index (χ0n) is 10.6. The van der Waals surface area contributed by atoms with Gasteiger partial charge in [0.1, 0.15) is 0 Å². The maximum Gasteiger partial charge on any atom is 0.258 e. The first kappa shape index (κ1) is 13.5. The summed E-state index contributed by atoms with van der Waals surface area (Å²) in [6, 6.07) is 2.27.